The number of ether oxygens (including phenoxy) is 4. The van der Waals surface area contributed by atoms with Crippen molar-refractivity contribution in [3.8, 4) is 0 Å². The number of esters is 4. The molecule has 300 valence electrons. The summed E-state index contributed by atoms with van der Waals surface area (Å²) in [6, 6.07) is 31.9. The third-order valence-corrected chi connectivity index (χ3v) is 8.82. The van der Waals surface area contributed by atoms with Gasteiger partial charge in [0.25, 0.3) is 0 Å². The minimum absolute atomic E-state index is 0.0297. The number of benzene rings is 4. The predicted octanol–water partition coefficient (Wildman–Crippen LogP) is 4.64. The summed E-state index contributed by atoms with van der Waals surface area (Å²) in [5.41, 5.74) is 9.45. The van der Waals surface area contributed by atoms with E-state index in [4.69, 9.17) is 24.7 Å². The summed E-state index contributed by atoms with van der Waals surface area (Å²) in [5.74, 6) is -3.12. The van der Waals surface area contributed by atoms with Crippen molar-refractivity contribution in [1.82, 2.24) is 10.6 Å². The molecule has 4 aromatic carbocycles. The Hall–Kier alpha value is -6.18. The van der Waals surface area contributed by atoms with Gasteiger partial charge in [-0.15, -0.1) is 0 Å². The van der Waals surface area contributed by atoms with Gasteiger partial charge in [0.05, 0.1) is 6.04 Å². The van der Waals surface area contributed by atoms with Crippen molar-refractivity contribution in [2.24, 2.45) is 5.73 Å². The lowest BCUT2D eigenvalue weighted by atomic mass is 10.0. The van der Waals surface area contributed by atoms with E-state index in [-0.39, 0.29) is 65.0 Å². The zero-order chi connectivity index (χ0) is 40.7. The van der Waals surface area contributed by atoms with Crippen LogP contribution in [0.5, 0.6) is 0 Å². The zero-order valence-corrected chi connectivity index (χ0v) is 31.7. The second-order valence-electron chi connectivity index (χ2n) is 13.3. The van der Waals surface area contributed by atoms with Crippen LogP contribution in [0, 0.1) is 0 Å². The highest BCUT2D eigenvalue weighted by Gasteiger charge is 2.29. The van der Waals surface area contributed by atoms with Crippen molar-refractivity contribution < 1.29 is 47.7 Å². The summed E-state index contributed by atoms with van der Waals surface area (Å²) >= 11 is 0. The minimum Gasteiger partial charge on any atom is -0.461 e. The van der Waals surface area contributed by atoms with E-state index >= 15 is 0 Å². The fraction of sp³-hybridized carbons (Fsp3) is 0.318. The monoisotopic (exact) mass is 779 g/mol. The molecule has 0 heterocycles. The largest absolute Gasteiger partial charge is 0.461 e. The Morgan fingerprint density at radius 3 is 1.28 bits per heavy atom. The summed E-state index contributed by atoms with van der Waals surface area (Å²) in [4.78, 5) is 77.0. The van der Waals surface area contributed by atoms with E-state index in [0.29, 0.717) is 6.29 Å². The van der Waals surface area contributed by atoms with Crippen LogP contribution in [0.2, 0.25) is 0 Å². The molecule has 0 aliphatic heterocycles. The molecule has 0 bridgehead atoms. The summed E-state index contributed by atoms with van der Waals surface area (Å²) < 4.78 is 21.7. The number of hydrogen-bond acceptors (Lipinski definition) is 12. The summed E-state index contributed by atoms with van der Waals surface area (Å²) in [7, 11) is 0. The van der Waals surface area contributed by atoms with Gasteiger partial charge in [-0.3, -0.25) is 24.5 Å². The maximum absolute atomic E-state index is 13.3. The molecule has 0 fully saturated rings. The summed E-state index contributed by atoms with van der Waals surface area (Å²) in [6.07, 6.45) is -0.177. The Labute approximate surface area is 332 Å². The summed E-state index contributed by atoms with van der Waals surface area (Å²) in [6.45, 7) is 0.0444. The Morgan fingerprint density at radius 2 is 0.877 bits per heavy atom. The number of rotatable bonds is 24. The van der Waals surface area contributed by atoms with Crippen molar-refractivity contribution in [3.63, 3.8) is 0 Å². The summed E-state index contributed by atoms with van der Waals surface area (Å²) in [5, 5.41) is 5.54. The quantitative estimate of drug-likeness (QED) is 0.0509. The highest BCUT2D eigenvalue weighted by Crippen LogP contribution is 2.12. The Kier molecular flexibility index (Phi) is 18.6. The normalized spacial score (nSPS) is 12.9. The molecule has 0 saturated carbocycles. The zero-order valence-electron chi connectivity index (χ0n) is 31.7. The van der Waals surface area contributed by atoms with Gasteiger partial charge in [-0.1, -0.05) is 121 Å². The molecule has 13 heteroatoms. The first-order chi connectivity index (χ1) is 27.7. The fourth-order valence-electron chi connectivity index (χ4n) is 5.56. The van der Waals surface area contributed by atoms with Crippen LogP contribution in [-0.2, 0) is 74.1 Å². The van der Waals surface area contributed by atoms with E-state index in [1.54, 1.807) is 48.5 Å². The van der Waals surface area contributed by atoms with E-state index in [2.05, 4.69) is 10.6 Å². The number of nitrogens with one attached hydrogen (secondary N) is 2. The smallest absolute Gasteiger partial charge is 0.328 e. The Morgan fingerprint density at radius 1 is 0.509 bits per heavy atom. The van der Waals surface area contributed by atoms with Crippen LogP contribution in [0.3, 0.4) is 0 Å². The number of aldehydes is 1. The lowest BCUT2D eigenvalue weighted by molar-refractivity contribution is -0.151. The van der Waals surface area contributed by atoms with Gasteiger partial charge in [-0.05, 0) is 41.5 Å². The molecule has 1 amide bonds. The molecule has 0 spiro atoms. The first kappa shape index (κ1) is 43.5. The van der Waals surface area contributed by atoms with E-state index in [1.165, 1.54) is 0 Å². The highest BCUT2D eigenvalue weighted by atomic mass is 16.5. The SMILES string of the molecule is NC(CCC(=O)NC(CCC(=O)OCc1ccccc1)C(=O)OCc1ccccc1)C(C=O)NC(CCC(=O)OCc1ccccc1)C(=O)OCc1ccccc1. The van der Waals surface area contributed by atoms with E-state index in [0.717, 1.165) is 22.3 Å². The fourth-order valence-corrected chi connectivity index (χ4v) is 5.56. The van der Waals surface area contributed by atoms with E-state index in [1.807, 2.05) is 72.8 Å². The number of nitrogens with two attached hydrogens (primary N) is 1. The van der Waals surface area contributed by atoms with Crippen LogP contribution in [0.15, 0.2) is 121 Å². The van der Waals surface area contributed by atoms with Crippen LogP contribution in [0.25, 0.3) is 0 Å². The number of carbonyl (C=O) groups excluding carboxylic acids is 6. The third kappa shape index (κ3) is 16.6. The van der Waals surface area contributed by atoms with Crippen molar-refractivity contribution in [3.05, 3.63) is 144 Å². The van der Waals surface area contributed by atoms with Crippen molar-refractivity contribution in [2.75, 3.05) is 0 Å². The van der Waals surface area contributed by atoms with Gasteiger partial charge in [-0.25, -0.2) is 4.79 Å². The maximum atomic E-state index is 13.3. The Bertz CT molecular complexity index is 1850. The van der Waals surface area contributed by atoms with Crippen molar-refractivity contribution >= 4 is 36.1 Å². The third-order valence-electron chi connectivity index (χ3n) is 8.82. The number of hydrogen-bond donors (Lipinski definition) is 3. The van der Waals surface area contributed by atoms with Crippen LogP contribution in [0.1, 0.15) is 60.8 Å². The van der Waals surface area contributed by atoms with Gasteiger partial charge in [0.2, 0.25) is 5.91 Å². The van der Waals surface area contributed by atoms with Gasteiger partial charge in [0.15, 0.2) is 0 Å². The first-order valence-electron chi connectivity index (χ1n) is 18.8. The lowest BCUT2D eigenvalue weighted by Crippen LogP contribution is -2.53. The molecule has 4 aromatic rings. The molecule has 57 heavy (non-hydrogen) atoms. The number of carbonyl (C=O) groups is 6. The molecule has 13 nitrogen and oxygen atoms in total. The second kappa shape index (κ2) is 24.4. The average Bonchev–Trinajstić information content (AvgIpc) is 3.25. The first-order valence-corrected chi connectivity index (χ1v) is 18.8. The predicted molar refractivity (Wildman–Crippen MR) is 209 cm³/mol. The van der Waals surface area contributed by atoms with E-state index < -0.39 is 54.0 Å². The molecule has 0 aromatic heterocycles. The van der Waals surface area contributed by atoms with Gasteiger partial charge >= 0.3 is 23.9 Å². The van der Waals surface area contributed by atoms with Crippen LogP contribution < -0.4 is 16.4 Å². The minimum atomic E-state index is -1.17. The molecular formula is C44H49N3O10. The molecule has 4 rings (SSSR count). The average molecular weight is 780 g/mol. The molecule has 4 N–H and O–H groups in total. The molecular weight excluding hydrogens is 730 g/mol. The van der Waals surface area contributed by atoms with Gasteiger partial charge in [0, 0.05) is 25.3 Å². The van der Waals surface area contributed by atoms with Crippen LogP contribution >= 0.6 is 0 Å². The topological polar surface area (TPSA) is 189 Å². The highest BCUT2D eigenvalue weighted by molar-refractivity contribution is 5.85. The molecule has 0 saturated heterocycles. The van der Waals surface area contributed by atoms with Crippen LogP contribution in [0.4, 0.5) is 0 Å². The molecule has 0 aliphatic carbocycles. The Balaban J connectivity index is 1.33. The lowest BCUT2D eigenvalue weighted by Gasteiger charge is -2.25. The van der Waals surface area contributed by atoms with Crippen molar-refractivity contribution in [1.29, 1.82) is 0 Å². The standard InChI is InChI=1S/C44H49N3O10/c45-36(39(27-48)46-37(43(52)56-30-34-17-9-3-10-18-34)22-25-41(50)54-28-32-13-5-1-6-14-32)21-24-40(49)47-38(44(53)57-31-35-19-11-4-12-20-35)23-26-42(51)55-29-33-15-7-2-8-16-33/h1-20,27,36-39,46H,21-26,28-31,45H2,(H,47,49). The van der Waals surface area contributed by atoms with Crippen molar-refractivity contribution in [2.45, 2.75) is 89.1 Å². The van der Waals surface area contributed by atoms with Gasteiger partial charge in [0.1, 0.15) is 44.8 Å². The van der Waals surface area contributed by atoms with E-state index in [9.17, 15) is 28.8 Å². The maximum Gasteiger partial charge on any atom is 0.328 e. The molecule has 0 aliphatic rings. The number of amides is 1. The van der Waals surface area contributed by atoms with Gasteiger partial charge < -0.3 is 34.8 Å². The van der Waals surface area contributed by atoms with Gasteiger partial charge in [-0.2, -0.15) is 0 Å². The molecule has 4 atom stereocenters. The molecule has 0 radical (unpaired) electrons. The second-order valence-corrected chi connectivity index (χ2v) is 13.3. The van der Waals surface area contributed by atoms with Crippen LogP contribution in [-0.4, -0.2) is 60.2 Å². The molecule has 4 unspecified atom stereocenters.